The number of hydrogen-bond acceptors (Lipinski definition) is 5. The lowest BCUT2D eigenvalue weighted by Gasteiger charge is -2.33. The van der Waals surface area contributed by atoms with Gasteiger partial charge in [0.15, 0.2) is 6.10 Å². The highest BCUT2D eigenvalue weighted by Gasteiger charge is 2.32. The lowest BCUT2D eigenvalue weighted by atomic mass is 9.91. The third-order valence-corrected chi connectivity index (χ3v) is 4.29. The standard InChI is InChI=1S/C17H20F3NO5/c1-25-16(24)15(23)12-6-8-21(9-7-12)14(22)10-11-2-4-13(5-3-11)26-17(18,19)20/h2-5,12,15,23H,6-10H2,1H3/t15-/m1/s1. The first-order valence-electron chi connectivity index (χ1n) is 8.08. The number of nitrogens with zero attached hydrogens (tertiary/aromatic N) is 1. The molecule has 9 heteroatoms. The van der Waals surface area contributed by atoms with E-state index in [0.717, 1.165) is 12.1 Å². The third-order valence-electron chi connectivity index (χ3n) is 4.29. The second kappa shape index (κ2) is 8.39. The van der Waals surface area contributed by atoms with Crippen LogP contribution in [0, 0.1) is 5.92 Å². The highest BCUT2D eigenvalue weighted by atomic mass is 19.4. The largest absolute Gasteiger partial charge is 0.573 e. The molecule has 0 unspecified atom stereocenters. The molecule has 1 aliphatic heterocycles. The fraction of sp³-hybridized carbons (Fsp3) is 0.529. The first-order valence-corrected chi connectivity index (χ1v) is 8.08. The summed E-state index contributed by atoms with van der Waals surface area (Å²) in [6.45, 7) is 0.791. The van der Waals surface area contributed by atoms with E-state index in [2.05, 4.69) is 9.47 Å². The Balaban J connectivity index is 1.84. The van der Waals surface area contributed by atoms with Gasteiger partial charge in [-0.2, -0.15) is 0 Å². The lowest BCUT2D eigenvalue weighted by Crippen LogP contribution is -2.43. The highest BCUT2D eigenvalue weighted by Crippen LogP contribution is 2.24. The van der Waals surface area contributed by atoms with E-state index < -0.39 is 18.4 Å². The molecule has 0 spiro atoms. The Hall–Kier alpha value is -2.29. The van der Waals surface area contributed by atoms with Gasteiger partial charge in [-0.3, -0.25) is 4.79 Å². The number of piperidine rings is 1. The van der Waals surface area contributed by atoms with Crippen LogP contribution in [0.15, 0.2) is 24.3 Å². The van der Waals surface area contributed by atoms with E-state index >= 15 is 0 Å². The molecular formula is C17H20F3NO5. The number of aliphatic hydroxyl groups is 1. The summed E-state index contributed by atoms with van der Waals surface area (Å²) in [5.41, 5.74) is 0.571. The van der Waals surface area contributed by atoms with Gasteiger partial charge < -0.3 is 19.5 Å². The predicted molar refractivity (Wildman–Crippen MR) is 84.2 cm³/mol. The second-order valence-electron chi connectivity index (χ2n) is 6.05. The monoisotopic (exact) mass is 375 g/mol. The molecular weight excluding hydrogens is 355 g/mol. The predicted octanol–water partition coefficient (Wildman–Crippen LogP) is 1.90. The van der Waals surface area contributed by atoms with Gasteiger partial charge in [0.2, 0.25) is 5.91 Å². The minimum atomic E-state index is -4.75. The SMILES string of the molecule is COC(=O)[C@H](O)C1CCN(C(=O)Cc2ccc(OC(F)(F)F)cc2)CC1. The van der Waals surface area contributed by atoms with Crippen molar-refractivity contribution < 1.29 is 37.3 Å². The number of benzene rings is 1. The van der Waals surface area contributed by atoms with Crippen molar-refractivity contribution in [3.63, 3.8) is 0 Å². The van der Waals surface area contributed by atoms with Gasteiger partial charge in [-0.05, 0) is 36.5 Å². The van der Waals surface area contributed by atoms with E-state index in [4.69, 9.17) is 0 Å². The summed E-state index contributed by atoms with van der Waals surface area (Å²) in [6, 6.07) is 5.14. The second-order valence-corrected chi connectivity index (χ2v) is 6.05. The van der Waals surface area contributed by atoms with Crippen molar-refractivity contribution in [2.24, 2.45) is 5.92 Å². The molecule has 0 aromatic heterocycles. The van der Waals surface area contributed by atoms with Crippen molar-refractivity contribution >= 4 is 11.9 Å². The van der Waals surface area contributed by atoms with Crippen molar-refractivity contribution in [2.75, 3.05) is 20.2 Å². The Kier molecular flexibility index (Phi) is 6.47. The van der Waals surface area contributed by atoms with E-state index in [1.165, 1.54) is 19.2 Å². The molecule has 144 valence electrons. The maximum absolute atomic E-state index is 12.3. The minimum absolute atomic E-state index is 0.0521. The summed E-state index contributed by atoms with van der Waals surface area (Å²) in [6.07, 6.45) is -4.95. The fourth-order valence-electron chi connectivity index (χ4n) is 2.87. The molecule has 1 aromatic rings. The molecule has 1 amide bonds. The van der Waals surface area contributed by atoms with Crippen LogP contribution >= 0.6 is 0 Å². The molecule has 2 rings (SSSR count). The molecule has 0 saturated carbocycles. The Labute approximate surface area is 148 Å². The molecule has 1 aromatic carbocycles. The van der Waals surface area contributed by atoms with Crippen LogP contribution in [-0.4, -0.2) is 54.5 Å². The van der Waals surface area contributed by atoms with Crippen molar-refractivity contribution in [3.05, 3.63) is 29.8 Å². The smallest absolute Gasteiger partial charge is 0.467 e. The number of methoxy groups -OCH3 is 1. The van der Waals surface area contributed by atoms with E-state index in [9.17, 15) is 27.9 Å². The third kappa shape index (κ3) is 5.62. The van der Waals surface area contributed by atoms with Gasteiger partial charge in [-0.25, -0.2) is 4.79 Å². The van der Waals surface area contributed by atoms with Crippen molar-refractivity contribution in [1.29, 1.82) is 0 Å². The molecule has 1 atom stereocenters. The Morgan fingerprint density at radius 1 is 1.23 bits per heavy atom. The average Bonchev–Trinajstić information content (AvgIpc) is 2.61. The molecule has 6 nitrogen and oxygen atoms in total. The van der Waals surface area contributed by atoms with Crippen LogP contribution < -0.4 is 4.74 Å². The minimum Gasteiger partial charge on any atom is -0.467 e. The number of amides is 1. The number of rotatable bonds is 5. The maximum atomic E-state index is 12.3. The van der Waals surface area contributed by atoms with Crippen LogP contribution in [0.2, 0.25) is 0 Å². The number of halogens is 3. The van der Waals surface area contributed by atoms with Crippen LogP contribution in [0.5, 0.6) is 5.75 Å². The summed E-state index contributed by atoms with van der Waals surface area (Å²) in [4.78, 5) is 25.3. The summed E-state index contributed by atoms with van der Waals surface area (Å²) >= 11 is 0. The summed E-state index contributed by atoms with van der Waals surface area (Å²) in [5.74, 6) is -1.45. The quantitative estimate of drug-likeness (QED) is 0.796. The zero-order chi connectivity index (χ0) is 19.3. The number of hydrogen-bond donors (Lipinski definition) is 1. The molecule has 1 aliphatic rings. The first-order chi connectivity index (χ1) is 12.2. The van der Waals surface area contributed by atoms with Crippen LogP contribution in [-0.2, 0) is 20.7 Å². The Morgan fingerprint density at radius 2 is 1.81 bits per heavy atom. The zero-order valence-electron chi connectivity index (χ0n) is 14.2. The number of alkyl halides is 3. The number of carbonyl (C=O) groups is 2. The van der Waals surface area contributed by atoms with Crippen LogP contribution in [0.25, 0.3) is 0 Å². The summed E-state index contributed by atoms with van der Waals surface area (Å²) in [7, 11) is 1.20. The molecule has 1 N–H and O–H groups in total. The van der Waals surface area contributed by atoms with Crippen LogP contribution in [0.1, 0.15) is 18.4 Å². The Morgan fingerprint density at radius 3 is 2.31 bits per heavy atom. The Bertz CT molecular complexity index is 624. The highest BCUT2D eigenvalue weighted by molar-refractivity contribution is 5.79. The molecule has 0 bridgehead atoms. The van der Waals surface area contributed by atoms with Crippen molar-refractivity contribution in [3.8, 4) is 5.75 Å². The first kappa shape index (κ1) is 20.0. The molecule has 0 aliphatic carbocycles. The van der Waals surface area contributed by atoms with E-state index in [1.807, 2.05) is 0 Å². The van der Waals surface area contributed by atoms with Gasteiger partial charge in [0.05, 0.1) is 13.5 Å². The van der Waals surface area contributed by atoms with Gasteiger partial charge in [0, 0.05) is 13.1 Å². The van der Waals surface area contributed by atoms with E-state index in [-0.39, 0.29) is 24.0 Å². The van der Waals surface area contributed by atoms with Gasteiger partial charge in [0.1, 0.15) is 5.75 Å². The fourth-order valence-corrected chi connectivity index (χ4v) is 2.87. The van der Waals surface area contributed by atoms with Crippen LogP contribution in [0.4, 0.5) is 13.2 Å². The van der Waals surface area contributed by atoms with Gasteiger partial charge in [-0.15, -0.1) is 13.2 Å². The number of likely N-dealkylation sites (tertiary alicyclic amines) is 1. The molecule has 26 heavy (non-hydrogen) atoms. The topological polar surface area (TPSA) is 76.1 Å². The van der Waals surface area contributed by atoms with Gasteiger partial charge in [-0.1, -0.05) is 12.1 Å². The molecule has 0 radical (unpaired) electrons. The maximum Gasteiger partial charge on any atom is 0.573 e. The summed E-state index contributed by atoms with van der Waals surface area (Å²) in [5, 5.41) is 9.84. The zero-order valence-corrected chi connectivity index (χ0v) is 14.2. The number of ether oxygens (including phenoxy) is 2. The van der Waals surface area contributed by atoms with Crippen molar-refractivity contribution in [1.82, 2.24) is 4.90 Å². The van der Waals surface area contributed by atoms with Gasteiger partial charge >= 0.3 is 12.3 Å². The van der Waals surface area contributed by atoms with E-state index in [1.54, 1.807) is 4.90 Å². The molecule has 1 saturated heterocycles. The van der Waals surface area contributed by atoms with Gasteiger partial charge in [0.25, 0.3) is 0 Å². The molecule has 1 fully saturated rings. The molecule has 1 heterocycles. The van der Waals surface area contributed by atoms with Crippen molar-refractivity contribution in [2.45, 2.75) is 31.7 Å². The van der Waals surface area contributed by atoms with E-state index in [0.29, 0.717) is 31.5 Å². The lowest BCUT2D eigenvalue weighted by molar-refractivity contribution is -0.274. The normalized spacial score (nSPS) is 16.9. The number of aliphatic hydroxyl groups excluding tert-OH is 1. The number of carbonyl (C=O) groups excluding carboxylic acids is 2. The number of esters is 1. The average molecular weight is 375 g/mol. The van der Waals surface area contributed by atoms with Crippen LogP contribution in [0.3, 0.4) is 0 Å². The summed E-state index contributed by atoms with van der Waals surface area (Å²) < 4.78 is 44.7.